The minimum Gasteiger partial charge on any atom is -0.0882 e. The van der Waals surface area contributed by atoms with Crippen LogP contribution in [0.25, 0.3) is 0 Å². The Hall–Kier alpha value is -0.260. The summed E-state index contributed by atoms with van der Waals surface area (Å²) in [7, 11) is 0. The molecule has 76 valence electrons. The van der Waals surface area contributed by atoms with Gasteiger partial charge in [0.1, 0.15) is 0 Å². The van der Waals surface area contributed by atoms with Crippen molar-refractivity contribution in [2.75, 3.05) is 0 Å². The van der Waals surface area contributed by atoms with Crippen LogP contribution in [0.4, 0.5) is 0 Å². The van der Waals surface area contributed by atoms with Crippen molar-refractivity contribution in [2.45, 2.75) is 59.3 Å². The van der Waals surface area contributed by atoms with Gasteiger partial charge in [-0.3, -0.25) is 0 Å². The molecule has 0 heterocycles. The summed E-state index contributed by atoms with van der Waals surface area (Å²) in [6.45, 7) is 6.88. The van der Waals surface area contributed by atoms with Gasteiger partial charge in [-0.05, 0) is 38.0 Å². The molecule has 1 aliphatic carbocycles. The lowest BCUT2D eigenvalue weighted by atomic mass is 9.77. The van der Waals surface area contributed by atoms with E-state index >= 15 is 0 Å². The van der Waals surface area contributed by atoms with Crippen LogP contribution >= 0.6 is 0 Å². The van der Waals surface area contributed by atoms with Gasteiger partial charge in [0.25, 0.3) is 0 Å². The fourth-order valence-electron chi connectivity index (χ4n) is 2.57. The third-order valence-corrected chi connectivity index (χ3v) is 3.50. The van der Waals surface area contributed by atoms with Crippen LogP contribution in [0.3, 0.4) is 0 Å². The van der Waals surface area contributed by atoms with Crippen LogP contribution in [-0.2, 0) is 0 Å². The molecule has 0 heteroatoms. The van der Waals surface area contributed by atoms with Crippen LogP contribution in [0.1, 0.15) is 59.3 Å². The van der Waals surface area contributed by atoms with Crippen molar-refractivity contribution in [3.05, 3.63) is 11.6 Å². The zero-order valence-corrected chi connectivity index (χ0v) is 9.47. The lowest BCUT2D eigenvalue weighted by Crippen LogP contribution is -2.15. The lowest BCUT2D eigenvalue weighted by Gasteiger charge is -2.29. The molecule has 1 rings (SSSR count). The number of unbranched alkanes of at least 4 members (excludes halogenated alkanes) is 1. The van der Waals surface area contributed by atoms with E-state index in [9.17, 15) is 0 Å². The molecule has 0 radical (unpaired) electrons. The predicted octanol–water partition coefficient (Wildman–Crippen LogP) is 4.56. The molecule has 1 fully saturated rings. The van der Waals surface area contributed by atoms with Gasteiger partial charge in [0, 0.05) is 0 Å². The maximum Gasteiger partial charge on any atom is -0.0229 e. The first-order chi connectivity index (χ1) is 6.27. The minimum atomic E-state index is 0.862. The molecule has 0 bridgehead atoms. The van der Waals surface area contributed by atoms with E-state index in [4.69, 9.17) is 0 Å². The maximum atomic E-state index is 2.40. The van der Waals surface area contributed by atoms with Gasteiger partial charge in [-0.2, -0.15) is 0 Å². The molecule has 2 atom stereocenters. The topological polar surface area (TPSA) is 0 Å². The van der Waals surface area contributed by atoms with Crippen molar-refractivity contribution in [1.29, 1.82) is 0 Å². The van der Waals surface area contributed by atoms with Gasteiger partial charge in [0.2, 0.25) is 0 Å². The molecule has 0 aromatic carbocycles. The second-order valence-corrected chi connectivity index (χ2v) is 4.55. The van der Waals surface area contributed by atoms with Gasteiger partial charge < -0.3 is 0 Å². The van der Waals surface area contributed by atoms with Gasteiger partial charge in [0.05, 0.1) is 0 Å². The normalized spacial score (nSPS) is 32.4. The summed E-state index contributed by atoms with van der Waals surface area (Å²) in [6, 6.07) is 0. The average Bonchev–Trinajstić information content (AvgIpc) is 2.15. The Bertz CT molecular complexity index is 167. The Labute approximate surface area is 83.4 Å². The van der Waals surface area contributed by atoms with Crippen LogP contribution in [0.2, 0.25) is 0 Å². The van der Waals surface area contributed by atoms with E-state index in [1.54, 1.807) is 5.57 Å². The summed E-state index contributed by atoms with van der Waals surface area (Å²) in [5, 5.41) is 0. The summed E-state index contributed by atoms with van der Waals surface area (Å²) >= 11 is 0. The first-order valence-electron chi connectivity index (χ1n) is 5.93. The summed E-state index contributed by atoms with van der Waals surface area (Å²) < 4.78 is 0. The molecule has 13 heavy (non-hydrogen) atoms. The van der Waals surface area contributed by atoms with Crippen molar-refractivity contribution in [3.8, 4) is 0 Å². The number of allylic oxidation sites excluding steroid dienone is 2. The standard InChI is InChI=1S/C13H24/c1-4-6-7-12-8-9-13(5-2)11(3)10-12/h5,11-12H,4,6-10H2,1-3H3. The van der Waals surface area contributed by atoms with E-state index in [1.165, 1.54) is 38.5 Å². The van der Waals surface area contributed by atoms with Gasteiger partial charge >= 0.3 is 0 Å². The Morgan fingerprint density at radius 3 is 2.77 bits per heavy atom. The first-order valence-corrected chi connectivity index (χ1v) is 5.93. The van der Waals surface area contributed by atoms with E-state index in [-0.39, 0.29) is 0 Å². The lowest BCUT2D eigenvalue weighted by molar-refractivity contribution is 0.320. The molecular weight excluding hydrogens is 156 g/mol. The number of hydrogen-bond donors (Lipinski definition) is 0. The monoisotopic (exact) mass is 180 g/mol. The summed E-state index contributed by atoms with van der Waals surface area (Å²) in [6.07, 6.45) is 10.9. The molecule has 1 saturated carbocycles. The van der Waals surface area contributed by atoms with Crippen molar-refractivity contribution in [3.63, 3.8) is 0 Å². The second kappa shape index (κ2) is 5.47. The fourth-order valence-corrected chi connectivity index (χ4v) is 2.57. The number of hydrogen-bond acceptors (Lipinski definition) is 0. The molecule has 0 aliphatic heterocycles. The first kappa shape index (κ1) is 10.8. The quantitative estimate of drug-likeness (QED) is 0.558. The van der Waals surface area contributed by atoms with Crippen LogP contribution in [-0.4, -0.2) is 0 Å². The van der Waals surface area contributed by atoms with E-state index in [1.807, 2.05) is 0 Å². The van der Waals surface area contributed by atoms with Crippen LogP contribution in [0.5, 0.6) is 0 Å². The average molecular weight is 180 g/mol. The Morgan fingerprint density at radius 1 is 1.46 bits per heavy atom. The largest absolute Gasteiger partial charge is 0.0882 e. The molecule has 0 N–H and O–H groups in total. The van der Waals surface area contributed by atoms with Crippen LogP contribution in [0, 0.1) is 11.8 Å². The summed E-state index contributed by atoms with van der Waals surface area (Å²) in [5.74, 6) is 1.89. The van der Waals surface area contributed by atoms with Gasteiger partial charge in [-0.1, -0.05) is 44.8 Å². The molecule has 0 aromatic heterocycles. The smallest absolute Gasteiger partial charge is 0.0229 e. The Kier molecular flexibility index (Phi) is 4.55. The highest BCUT2D eigenvalue weighted by molar-refractivity contribution is 5.07. The second-order valence-electron chi connectivity index (χ2n) is 4.55. The molecule has 2 unspecified atom stereocenters. The SMILES string of the molecule is CC=C1CCC(CCCC)CC1C. The van der Waals surface area contributed by atoms with Crippen LogP contribution < -0.4 is 0 Å². The maximum absolute atomic E-state index is 2.40. The zero-order valence-electron chi connectivity index (χ0n) is 9.47. The summed E-state index contributed by atoms with van der Waals surface area (Å²) in [4.78, 5) is 0. The molecule has 0 spiro atoms. The zero-order chi connectivity index (χ0) is 9.68. The Balaban J connectivity index is 2.32. The molecular formula is C13H24. The fraction of sp³-hybridized carbons (Fsp3) is 0.846. The molecule has 0 amide bonds. The summed E-state index contributed by atoms with van der Waals surface area (Å²) in [5.41, 5.74) is 1.70. The third kappa shape index (κ3) is 3.17. The Morgan fingerprint density at radius 2 is 2.23 bits per heavy atom. The third-order valence-electron chi connectivity index (χ3n) is 3.50. The van der Waals surface area contributed by atoms with E-state index in [2.05, 4.69) is 26.8 Å². The minimum absolute atomic E-state index is 0.862. The molecule has 0 saturated heterocycles. The van der Waals surface area contributed by atoms with E-state index in [0.29, 0.717) is 0 Å². The molecule has 0 aromatic rings. The number of rotatable bonds is 3. The van der Waals surface area contributed by atoms with Gasteiger partial charge in [-0.25, -0.2) is 0 Å². The van der Waals surface area contributed by atoms with Crippen molar-refractivity contribution >= 4 is 0 Å². The highest BCUT2D eigenvalue weighted by Gasteiger charge is 2.21. The molecule has 1 aliphatic rings. The van der Waals surface area contributed by atoms with E-state index in [0.717, 1.165) is 11.8 Å². The van der Waals surface area contributed by atoms with Crippen molar-refractivity contribution in [1.82, 2.24) is 0 Å². The van der Waals surface area contributed by atoms with Gasteiger partial charge in [0.15, 0.2) is 0 Å². The van der Waals surface area contributed by atoms with E-state index < -0.39 is 0 Å². The molecule has 0 nitrogen and oxygen atoms in total. The highest BCUT2D eigenvalue weighted by Crippen LogP contribution is 2.35. The van der Waals surface area contributed by atoms with Crippen molar-refractivity contribution < 1.29 is 0 Å². The van der Waals surface area contributed by atoms with Crippen molar-refractivity contribution in [2.24, 2.45) is 11.8 Å². The van der Waals surface area contributed by atoms with Gasteiger partial charge in [-0.15, -0.1) is 0 Å². The highest BCUT2D eigenvalue weighted by atomic mass is 14.3. The predicted molar refractivity (Wildman–Crippen MR) is 59.8 cm³/mol. The van der Waals surface area contributed by atoms with Crippen LogP contribution in [0.15, 0.2) is 11.6 Å².